The Kier molecular flexibility index (Phi) is 5.57. The molecule has 0 spiro atoms. The molecule has 3 aromatic rings. The first-order chi connectivity index (χ1) is 15.0. The second-order valence-corrected chi connectivity index (χ2v) is 7.23. The van der Waals surface area contributed by atoms with Crippen LogP contribution in [0.1, 0.15) is 28.6 Å². The molecule has 31 heavy (non-hydrogen) atoms. The van der Waals surface area contributed by atoms with Crippen LogP contribution in [-0.2, 0) is 9.47 Å². The van der Waals surface area contributed by atoms with Crippen molar-refractivity contribution in [3.63, 3.8) is 0 Å². The Morgan fingerprint density at radius 2 is 2.00 bits per heavy atom. The molecule has 1 fully saturated rings. The summed E-state index contributed by atoms with van der Waals surface area (Å²) in [6.45, 7) is 1.83. The number of benzene rings is 2. The average molecular weight is 421 g/mol. The highest BCUT2D eigenvalue weighted by Gasteiger charge is 2.39. The summed E-state index contributed by atoms with van der Waals surface area (Å²) in [7, 11) is 0. The lowest BCUT2D eigenvalue weighted by Crippen LogP contribution is -2.33. The molecule has 1 N–H and O–H groups in total. The van der Waals surface area contributed by atoms with Crippen molar-refractivity contribution in [2.75, 3.05) is 6.54 Å². The van der Waals surface area contributed by atoms with E-state index in [9.17, 15) is 14.4 Å². The zero-order valence-corrected chi connectivity index (χ0v) is 16.6. The SMILES string of the molecule is Cc1ccc(C(=O)O[C@H]2CC(n3c(=O)[nH]c(=O)c4ccccc43)O[C@@H]2CN=[N+]=[N-])cc1. The predicted molar refractivity (Wildman–Crippen MR) is 112 cm³/mol. The van der Waals surface area contributed by atoms with Crippen molar-refractivity contribution in [1.29, 1.82) is 0 Å². The Morgan fingerprint density at radius 3 is 2.74 bits per heavy atom. The van der Waals surface area contributed by atoms with Crippen molar-refractivity contribution in [3.05, 3.63) is 90.9 Å². The summed E-state index contributed by atoms with van der Waals surface area (Å²) in [6, 6.07) is 13.6. The molecule has 3 atom stereocenters. The molecule has 0 saturated carbocycles. The molecule has 0 radical (unpaired) electrons. The first kappa shape index (κ1) is 20.4. The lowest BCUT2D eigenvalue weighted by atomic mass is 10.1. The summed E-state index contributed by atoms with van der Waals surface area (Å²) in [6.07, 6.45) is -2.15. The molecular formula is C21H19N5O5. The summed E-state index contributed by atoms with van der Waals surface area (Å²) in [5.41, 5.74) is 9.34. The normalized spacial score (nSPS) is 20.4. The van der Waals surface area contributed by atoms with Crippen molar-refractivity contribution in [2.24, 2.45) is 5.11 Å². The summed E-state index contributed by atoms with van der Waals surface area (Å²) in [4.78, 5) is 42.3. The Balaban J connectivity index is 1.66. The van der Waals surface area contributed by atoms with Crippen LogP contribution in [0.3, 0.4) is 0 Å². The van der Waals surface area contributed by atoms with E-state index in [1.54, 1.807) is 48.5 Å². The molecule has 2 aromatic carbocycles. The van der Waals surface area contributed by atoms with E-state index < -0.39 is 35.7 Å². The minimum atomic E-state index is -0.816. The minimum Gasteiger partial charge on any atom is -0.456 e. The molecule has 10 nitrogen and oxygen atoms in total. The highest BCUT2D eigenvalue weighted by atomic mass is 16.6. The third-order valence-corrected chi connectivity index (χ3v) is 5.19. The van der Waals surface area contributed by atoms with Crippen molar-refractivity contribution in [2.45, 2.75) is 31.8 Å². The van der Waals surface area contributed by atoms with E-state index in [-0.39, 0.29) is 13.0 Å². The number of azide groups is 1. The number of carbonyl (C=O) groups is 1. The van der Waals surface area contributed by atoms with E-state index in [1.165, 1.54) is 4.57 Å². The first-order valence-electron chi connectivity index (χ1n) is 9.65. The van der Waals surface area contributed by atoms with Crippen LogP contribution in [0.5, 0.6) is 0 Å². The van der Waals surface area contributed by atoms with Gasteiger partial charge in [0, 0.05) is 11.3 Å². The van der Waals surface area contributed by atoms with E-state index >= 15 is 0 Å². The van der Waals surface area contributed by atoms with Gasteiger partial charge in [-0.2, -0.15) is 0 Å². The second-order valence-electron chi connectivity index (χ2n) is 7.23. The topological polar surface area (TPSA) is 139 Å². The summed E-state index contributed by atoms with van der Waals surface area (Å²) >= 11 is 0. The van der Waals surface area contributed by atoms with Gasteiger partial charge in [0.25, 0.3) is 5.56 Å². The molecule has 1 aliphatic rings. The van der Waals surface area contributed by atoms with Crippen LogP contribution in [0.4, 0.5) is 0 Å². The zero-order valence-electron chi connectivity index (χ0n) is 16.6. The Hall–Kier alpha value is -3.88. The molecule has 1 saturated heterocycles. The second kappa shape index (κ2) is 8.47. The number of aromatic nitrogens is 2. The molecule has 10 heteroatoms. The highest BCUT2D eigenvalue weighted by Crippen LogP contribution is 2.32. The third-order valence-electron chi connectivity index (χ3n) is 5.19. The van der Waals surface area contributed by atoms with Gasteiger partial charge in [0.05, 0.1) is 23.0 Å². The van der Waals surface area contributed by atoms with E-state index in [0.717, 1.165) is 5.56 Å². The van der Waals surface area contributed by atoms with Gasteiger partial charge in [-0.05, 0) is 36.7 Å². The predicted octanol–water partition coefficient (Wildman–Crippen LogP) is 2.82. The maximum atomic E-state index is 12.6. The van der Waals surface area contributed by atoms with Gasteiger partial charge in [-0.1, -0.05) is 34.9 Å². The van der Waals surface area contributed by atoms with E-state index in [0.29, 0.717) is 16.5 Å². The standard InChI is InChI=1S/C21H19N5O5/c1-12-6-8-13(9-7-12)20(28)31-16-10-18(30-17(16)11-23-25-22)26-15-5-3-2-4-14(15)19(27)24-21(26)29/h2-9,16-18H,10-11H2,1H3,(H,24,27,29)/t16-,17+,18?/m0/s1. The molecule has 0 amide bonds. The van der Waals surface area contributed by atoms with Gasteiger partial charge in [-0.25, -0.2) is 9.59 Å². The number of ether oxygens (including phenoxy) is 2. The van der Waals surface area contributed by atoms with Gasteiger partial charge in [0.15, 0.2) is 0 Å². The quantitative estimate of drug-likeness (QED) is 0.292. The van der Waals surface area contributed by atoms with Crippen molar-refractivity contribution >= 4 is 16.9 Å². The van der Waals surface area contributed by atoms with Gasteiger partial charge < -0.3 is 9.47 Å². The fourth-order valence-electron chi connectivity index (χ4n) is 3.65. The molecule has 0 bridgehead atoms. The molecule has 1 aromatic heterocycles. The molecule has 0 aliphatic carbocycles. The van der Waals surface area contributed by atoms with Gasteiger partial charge in [-0.3, -0.25) is 14.3 Å². The summed E-state index contributed by atoms with van der Waals surface area (Å²) in [5.74, 6) is -0.543. The maximum Gasteiger partial charge on any atom is 0.338 e. The average Bonchev–Trinajstić information content (AvgIpc) is 3.14. The maximum absolute atomic E-state index is 12.6. The Bertz CT molecular complexity index is 1290. The molecular weight excluding hydrogens is 402 g/mol. The van der Waals surface area contributed by atoms with Crippen LogP contribution >= 0.6 is 0 Å². The van der Waals surface area contributed by atoms with Crippen LogP contribution in [0.2, 0.25) is 0 Å². The Morgan fingerprint density at radius 1 is 1.26 bits per heavy atom. The number of nitrogens with one attached hydrogen (secondary N) is 1. The first-order valence-corrected chi connectivity index (χ1v) is 9.65. The van der Waals surface area contributed by atoms with Crippen LogP contribution in [0.15, 0.2) is 63.2 Å². The fraction of sp³-hybridized carbons (Fsp3) is 0.286. The van der Waals surface area contributed by atoms with Crippen molar-refractivity contribution in [3.8, 4) is 0 Å². The lowest BCUT2D eigenvalue weighted by molar-refractivity contribution is -0.0236. The number of carbonyl (C=O) groups excluding carboxylic acids is 1. The number of aromatic amines is 1. The lowest BCUT2D eigenvalue weighted by Gasteiger charge is -2.17. The fourth-order valence-corrected chi connectivity index (χ4v) is 3.65. The third kappa shape index (κ3) is 4.07. The smallest absolute Gasteiger partial charge is 0.338 e. The molecule has 158 valence electrons. The number of esters is 1. The summed E-state index contributed by atoms with van der Waals surface area (Å²) < 4.78 is 12.9. The van der Waals surface area contributed by atoms with Gasteiger partial charge in [0.1, 0.15) is 18.4 Å². The number of para-hydroxylation sites is 1. The van der Waals surface area contributed by atoms with Gasteiger partial charge in [0.2, 0.25) is 0 Å². The number of rotatable bonds is 5. The number of hydrogen-bond acceptors (Lipinski definition) is 6. The summed E-state index contributed by atoms with van der Waals surface area (Å²) in [5, 5.41) is 3.87. The monoisotopic (exact) mass is 421 g/mol. The van der Waals surface area contributed by atoms with Crippen molar-refractivity contribution < 1.29 is 14.3 Å². The van der Waals surface area contributed by atoms with Crippen LogP contribution in [0.25, 0.3) is 21.3 Å². The van der Waals surface area contributed by atoms with Crippen LogP contribution in [-0.4, -0.2) is 34.3 Å². The van der Waals surface area contributed by atoms with Crippen LogP contribution < -0.4 is 11.2 Å². The minimum absolute atomic E-state index is 0.0745. The molecule has 2 heterocycles. The highest BCUT2D eigenvalue weighted by molar-refractivity contribution is 5.89. The number of nitrogens with zero attached hydrogens (tertiary/aromatic N) is 4. The van der Waals surface area contributed by atoms with Crippen LogP contribution in [0, 0.1) is 6.92 Å². The van der Waals surface area contributed by atoms with E-state index in [4.69, 9.17) is 15.0 Å². The van der Waals surface area contributed by atoms with E-state index in [2.05, 4.69) is 15.0 Å². The molecule has 1 aliphatic heterocycles. The molecule has 4 rings (SSSR count). The number of hydrogen-bond donors (Lipinski definition) is 1. The van der Waals surface area contributed by atoms with Gasteiger partial charge >= 0.3 is 11.7 Å². The number of fused-ring (bicyclic) bond motifs is 1. The zero-order chi connectivity index (χ0) is 22.0. The van der Waals surface area contributed by atoms with Gasteiger partial charge in [-0.15, -0.1) is 0 Å². The largest absolute Gasteiger partial charge is 0.456 e. The van der Waals surface area contributed by atoms with Crippen molar-refractivity contribution in [1.82, 2.24) is 9.55 Å². The Labute approximate surface area is 175 Å². The molecule has 1 unspecified atom stereocenters. The number of aryl methyl sites for hydroxylation is 1. The number of H-pyrrole nitrogens is 1. The van der Waals surface area contributed by atoms with E-state index in [1.807, 2.05) is 6.92 Å².